The Bertz CT molecular complexity index is 1280. The van der Waals surface area contributed by atoms with Gasteiger partial charge in [-0.15, -0.1) is 0 Å². The van der Waals surface area contributed by atoms with Crippen LogP contribution in [0, 0.1) is 0 Å². The number of ether oxygens (including phenoxy) is 1. The van der Waals surface area contributed by atoms with E-state index in [1.165, 1.54) is 5.56 Å². The zero-order valence-electron chi connectivity index (χ0n) is 19.2. The number of hydrogen-bond acceptors (Lipinski definition) is 4. The molecule has 5 nitrogen and oxygen atoms in total. The molecule has 0 aliphatic carbocycles. The second-order valence-corrected chi connectivity index (χ2v) is 8.93. The lowest BCUT2D eigenvalue weighted by atomic mass is 9.80. The van der Waals surface area contributed by atoms with Gasteiger partial charge in [-0.1, -0.05) is 56.3 Å². The van der Waals surface area contributed by atoms with Crippen LogP contribution >= 0.6 is 0 Å². The highest BCUT2D eigenvalue weighted by molar-refractivity contribution is 5.54. The number of anilines is 1. The lowest BCUT2D eigenvalue weighted by molar-refractivity contribution is 0.480. The van der Waals surface area contributed by atoms with Crippen molar-refractivity contribution in [2.24, 2.45) is 0 Å². The molecule has 0 fully saturated rings. The normalized spacial score (nSPS) is 13.5. The molecule has 166 valence electrons. The Morgan fingerprint density at radius 2 is 1.48 bits per heavy atom. The molecule has 0 saturated carbocycles. The SMILES string of the molecule is CN1C=CN(c2cccc(Oc3cccc(-n4cc(C(C)(C)c5ccccc5)cn4)c3)c2)C1. The summed E-state index contributed by atoms with van der Waals surface area (Å²) in [5.74, 6) is 1.58. The maximum Gasteiger partial charge on any atom is 0.129 e. The van der Waals surface area contributed by atoms with Gasteiger partial charge in [-0.3, -0.25) is 0 Å². The van der Waals surface area contributed by atoms with E-state index in [4.69, 9.17) is 4.74 Å². The quantitative estimate of drug-likeness (QED) is 0.362. The maximum absolute atomic E-state index is 6.21. The number of rotatable bonds is 6. The summed E-state index contributed by atoms with van der Waals surface area (Å²) in [7, 11) is 2.06. The van der Waals surface area contributed by atoms with Crippen LogP contribution in [0.25, 0.3) is 5.69 Å². The van der Waals surface area contributed by atoms with Crippen LogP contribution in [0.3, 0.4) is 0 Å². The summed E-state index contributed by atoms with van der Waals surface area (Å²) in [6.45, 7) is 5.28. The molecule has 0 atom stereocenters. The minimum absolute atomic E-state index is 0.133. The van der Waals surface area contributed by atoms with Crippen molar-refractivity contribution in [1.82, 2.24) is 14.7 Å². The molecule has 33 heavy (non-hydrogen) atoms. The summed E-state index contributed by atoms with van der Waals surface area (Å²) in [5, 5.41) is 4.64. The van der Waals surface area contributed by atoms with Gasteiger partial charge in [0, 0.05) is 54.4 Å². The topological polar surface area (TPSA) is 33.5 Å². The smallest absolute Gasteiger partial charge is 0.129 e. The van der Waals surface area contributed by atoms with Crippen LogP contribution in [0.4, 0.5) is 5.69 Å². The molecule has 1 aliphatic heterocycles. The van der Waals surface area contributed by atoms with Crippen LogP contribution in [0.5, 0.6) is 11.5 Å². The van der Waals surface area contributed by atoms with E-state index < -0.39 is 0 Å². The molecule has 2 heterocycles. The van der Waals surface area contributed by atoms with Gasteiger partial charge in [-0.25, -0.2) is 4.68 Å². The van der Waals surface area contributed by atoms with Crippen LogP contribution in [0.2, 0.25) is 0 Å². The largest absolute Gasteiger partial charge is 0.457 e. The first-order valence-electron chi connectivity index (χ1n) is 11.1. The van der Waals surface area contributed by atoms with Gasteiger partial charge in [0.25, 0.3) is 0 Å². The Morgan fingerprint density at radius 3 is 2.18 bits per heavy atom. The maximum atomic E-state index is 6.21. The first-order valence-corrected chi connectivity index (χ1v) is 11.1. The summed E-state index contributed by atoms with van der Waals surface area (Å²) in [6, 6.07) is 26.7. The third-order valence-corrected chi connectivity index (χ3v) is 6.14. The van der Waals surface area contributed by atoms with Gasteiger partial charge in [0.05, 0.1) is 18.6 Å². The van der Waals surface area contributed by atoms with E-state index in [1.54, 1.807) is 0 Å². The van der Waals surface area contributed by atoms with E-state index >= 15 is 0 Å². The molecule has 0 N–H and O–H groups in total. The van der Waals surface area contributed by atoms with Gasteiger partial charge in [0.1, 0.15) is 11.5 Å². The van der Waals surface area contributed by atoms with Crippen LogP contribution < -0.4 is 9.64 Å². The minimum atomic E-state index is -0.133. The average molecular weight is 437 g/mol. The van der Waals surface area contributed by atoms with Gasteiger partial charge in [0.15, 0.2) is 0 Å². The zero-order valence-corrected chi connectivity index (χ0v) is 19.2. The molecule has 4 aromatic rings. The molecule has 3 aromatic carbocycles. The fraction of sp³-hybridized carbons (Fsp3) is 0.179. The molecular weight excluding hydrogens is 408 g/mol. The minimum Gasteiger partial charge on any atom is -0.457 e. The first-order chi connectivity index (χ1) is 16.0. The van der Waals surface area contributed by atoms with Crippen molar-refractivity contribution in [2.75, 3.05) is 18.6 Å². The number of nitrogens with zero attached hydrogens (tertiary/aromatic N) is 4. The van der Waals surface area contributed by atoms with Crippen molar-refractivity contribution in [1.29, 1.82) is 0 Å². The van der Waals surface area contributed by atoms with E-state index in [2.05, 4.69) is 90.8 Å². The Hall–Kier alpha value is -3.99. The van der Waals surface area contributed by atoms with Crippen molar-refractivity contribution in [3.05, 3.63) is 115 Å². The van der Waals surface area contributed by atoms with Crippen molar-refractivity contribution in [3.8, 4) is 17.2 Å². The molecule has 0 bridgehead atoms. The Kier molecular flexibility index (Phi) is 5.38. The van der Waals surface area contributed by atoms with Crippen molar-refractivity contribution in [3.63, 3.8) is 0 Å². The fourth-order valence-corrected chi connectivity index (χ4v) is 4.06. The molecule has 5 rings (SSSR count). The van der Waals surface area contributed by atoms with Crippen LogP contribution in [-0.4, -0.2) is 28.4 Å². The molecule has 0 saturated heterocycles. The van der Waals surface area contributed by atoms with Crippen LogP contribution in [-0.2, 0) is 5.41 Å². The van der Waals surface area contributed by atoms with E-state index in [1.807, 2.05) is 53.3 Å². The molecule has 0 unspecified atom stereocenters. The Balaban J connectivity index is 1.36. The summed E-state index contributed by atoms with van der Waals surface area (Å²) in [6.07, 6.45) is 8.19. The van der Waals surface area contributed by atoms with Gasteiger partial charge in [-0.05, 0) is 29.8 Å². The molecule has 5 heteroatoms. The molecule has 1 aromatic heterocycles. The summed E-state index contributed by atoms with van der Waals surface area (Å²) in [5.41, 5.74) is 4.36. The highest BCUT2D eigenvalue weighted by Crippen LogP contribution is 2.32. The summed E-state index contributed by atoms with van der Waals surface area (Å²) >= 11 is 0. The lowest BCUT2D eigenvalue weighted by Crippen LogP contribution is -2.21. The molecule has 1 aliphatic rings. The van der Waals surface area contributed by atoms with Gasteiger partial charge in [-0.2, -0.15) is 5.10 Å². The predicted molar refractivity (Wildman–Crippen MR) is 133 cm³/mol. The number of aromatic nitrogens is 2. The third-order valence-electron chi connectivity index (χ3n) is 6.14. The monoisotopic (exact) mass is 436 g/mol. The zero-order chi connectivity index (χ0) is 22.8. The van der Waals surface area contributed by atoms with Gasteiger partial charge in [0.2, 0.25) is 0 Å². The summed E-state index contributed by atoms with van der Waals surface area (Å²) in [4.78, 5) is 4.32. The van der Waals surface area contributed by atoms with E-state index in [0.717, 1.165) is 35.1 Å². The van der Waals surface area contributed by atoms with Gasteiger partial charge >= 0.3 is 0 Å². The first kappa shape index (κ1) is 20.9. The van der Waals surface area contributed by atoms with Gasteiger partial charge < -0.3 is 14.5 Å². The van der Waals surface area contributed by atoms with Crippen molar-refractivity contribution >= 4 is 5.69 Å². The van der Waals surface area contributed by atoms with E-state index in [-0.39, 0.29) is 5.41 Å². The number of benzene rings is 3. The predicted octanol–water partition coefficient (Wildman–Crippen LogP) is 6.17. The highest BCUT2D eigenvalue weighted by atomic mass is 16.5. The molecular formula is C28H28N4O. The fourth-order valence-electron chi connectivity index (χ4n) is 4.06. The Morgan fingerprint density at radius 1 is 0.788 bits per heavy atom. The van der Waals surface area contributed by atoms with E-state index in [0.29, 0.717) is 0 Å². The molecule has 0 amide bonds. The third kappa shape index (κ3) is 4.35. The molecule has 0 radical (unpaired) electrons. The second-order valence-electron chi connectivity index (χ2n) is 8.93. The number of hydrogen-bond donors (Lipinski definition) is 0. The second kappa shape index (κ2) is 8.51. The summed E-state index contributed by atoms with van der Waals surface area (Å²) < 4.78 is 8.12. The Labute approximate surface area is 195 Å². The lowest BCUT2D eigenvalue weighted by Gasteiger charge is -2.23. The standard InChI is InChI=1S/C28H28N4O/c1-28(2,22-9-5-4-6-10-22)23-19-29-32(20-23)25-12-8-14-27(18-25)33-26-13-7-11-24(17-26)31-16-15-30(3)21-31/h4-20H,21H2,1-3H3. The van der Waals surface area contributed by atoms with E-state index in [9.17, 15) is 0 Å². The highest BCUT2D eigenvalue weighted by Gasteiger charge is 2.24. The van der Waals surface area contributed by atoms with Crippen LogP contribution in [0.1, 0.15) is 25.0 Å². The molecule has 0 spiro atoms. The van der Waals surface area contributed by atoms with Crippen molar-refractivity contribution < 1.29 is 4.74 Å². The van der Waals surface area contributed by atoms with Crippen molar-refractivity contribution in [2.45, 2.75) is 19.3 Å². The average Bonchev–Trinajstić information content (AvgIpc) is 3.50. The van der Waals surface area contributed by atoms with Crippen LogP contribution in [0.15, 0.2) is 104 Å².